The molecular formula is C14H25NO4. The van der Waals surface area contributed by atoms with E-state index in [1.165, 1.54) is 0 Å². The van der Waals surface area contributed by atoms with Gasteiger partial charge in [-0.3, -0.25) is 0 Å². The maximum Gasteiger partial charge on any atom is 0.410 e. The lowest BCUT2D eigenvalue weighted by molar-refractivity contribution is -0.190. The SMILES string of the molecule is CC(C)(C)OC(=O)N1CCCC(C2(C)OCCO2)C1. The molecule has 2 fully saturated rings. The number of amides is 1. The fourth-order valence-corrected chi connectivity index (χ4v) is 2.66. The van der Waals surface area contributed by atoms with Crippen molar-refractivity contribution in [2.24, 2.45) is 5.92 Å². The number of nitrogens with zero attached hydrogens (tertiary/aromatic N) is 1. The second-order valence-corrected chi connectivity index (χ2v) is 6.48. The van der Waals surface area contributed by atoms with Crippen LogP contribution in [0.2, 0.25) is 0 Å². The van der Waals surface area contributed by atoms with Gasteiger partial charge in [-0.1, -0.05) is 0 Å². The molecular weight excluding hydrogens is 246 g/mol. The Morgan fingerprint density at radius 2 is 1.95 bits per heavy atom. The van der Waals surface area contributed by atoms with Crippen LogP contribution < -0.4 is 0 Å². The van der Waals surface area contributed by atoms with E-state index in [1.54, 1.807) is 4.90 Å². The van der Waals surface area contributed by atoms with Crippen molar-refractivity contribution in [3.63, 3.8) is 0 Å². The third kappa shape index (κ3) is 3.60. The lowest BCUT2D eigenvalue weighted by Crippen LogP contribution is -2.49. The highest BCUT2D eigenvalue weighted by molar-refractivity contribution is 5.68. The zero-order valence-corrected chi connectivity index (χ0v) is 12.4. The Morgan fingerprint density at radius 1 is 1.32 bits per heavy atom. The van der Waals surface area contributed by atoms with Crippen LogP contribution in [0.5, 0.6) is 0 Å². The molecule has 1 atom stereocenters. The molecule has 2 saturated heterocycles. The van der Waals surface area contributed by atoms with E-state index >= 15 is 0 Å². The van der Waals surface area contributed by atoms with Gasteiger partial charge < -0.3 is 19.1 Å². The molecule has 0 aromatic heterocycles. The van der Waals surface area contributed by atoms with Crippen molar-refractivity contribution in [3.8, 4) is 0 Å². The molecule has 0 saturated carbocycles. The summed E-state index contributed by atoms with van der Waals surface area (Å²) in [7, 11) is 0. The summed E-state index contributed by atoms with van der Waals surface area (Å²) in [4.78, 5) is 13.9. The average molecular weight is 271 g/mol. The lowest BCUT2D eigenvalue weighted by Gasteiger charge is -2.40. The first-order valence-corrected chi connectivity index (χ1v) is 7.06. The van der Waals surface area contributed by atoms with E-state index in [4.69, 9.17) is 14.2 Å². The third-order valence-electron chi connectivity index (χ3n) is 3.68. The van der Waals surface area contributed by atoms with Gasteiger partial charge in [0.05, 0.1) is 13.2 Å². The second kappa shape index (κ2) is 5.29. The van der Waals surface area contributed by atoms with Crippen molar-refractivity contribution in [2.75, 3.05) is 26.3 Å². The number of rotatable bonds is 1. The highest BCUT2D eigenvalue weighted by Gasteiger charge is 2.43. The van der Waals surface area contributed by atoms with Crippen LogP contribution in [-0.2, 0) is 14.2 Å². The summed E-state index contributed by atoms with van der Waals surface area (Å²) in [6, 6.07) is 0. The third-order valence-corrected chi connectivity index (χ3v) is 3.68. The van der Waals surface area contributed by atoms with Gasteiger partial charge in [0.2, 0.25) is 0 Å². The first-order chi connectivity index (χ1) is 8.80. The van der Waals surface area contributed by atoms with Gasteiger partial charge in [-0.15, -0.1) is 0 Å². The van der Waals surface area contributed by atoms with E-state index < -0.39 is 11.4 Å². The minimum Gasteiger partial charge on any atom is -0.444 e. The normalized spacial score (nSPS) is 27.4. The maximum atomic E-state index is 12.1. The summed E-state index contributed by atoms with van der Waals surface area (Å²) in [6.07, 6.45) is 1.75. The fourth-order valence-electron chi connectivity index (χ4n) is 2.66. The molecule has 2 heterocycles. The van der Waals surface area contributed by atoms with Crippen LogP contribution in [-0.4, -0.2) is 48.7 Å². The first kappa shape index (κ1) is 14.6. The molecule has 1 amide bonds. The first-order valence-electron chi connectivity index (χ1n) is 7.06. The van der Waals surface area contributed by atoms with Crippen molar-refractivity contribution in [1.82, 2.24) is 4.90 Å². The molecule has 0 aliphatic carbocycles. The average Bonchev–Trinajstić information content (AvgIpc) is 2.76. The highest BCUT2D eigenvalue weighted by Crippen LogP contribution is 2.34. The molecule has 19 heavy (non-hydrogen) atoms. The number of carbonyl (C=O) groups excluding carboxylic acids is 1. The number of hydrogen-bond donors (Lipinski definition) is 0. The van der Waals surface area contributed by atoms with E-state index in [1.807, 2.05) is 27.7 Å². The van der Waals surface area contributed by atoms with Crippen LogP contribution in [0, 0.1) is 5.92 Å². The standard InChI is InChI=1S/C14H25NO4/c1-13(2,3)19-12(16)15-7-5-6-11(10-15)14(4)17-8-9-18-14/h11H,5-10H2,1-4H3. The molecule has 0 aromatic carbocycles. The molecule has 0 radical (unpaired) electrons. The molecule has 1 unspecified atom stereocenters. The van der Waals surface area contributed by atoms with E-state index in [0.29, 0.717) is 19.8 Å². The zero-order chi connectivity index (χ0) is 14.1. The summed E-state index contributed by atoms with van der Waals surface area (Å²) < 4.78 is 16.8. The molecule has 2 rings (SSSR count). The zero-order valence-electron chi connectivity index (χ0n) is 12.4. The topological polar surface area (TPSA) is 48.0 Å². The predicted octanol–water partition coefficient (Wildman–Crippen LogP) is 2.40. The summed E-state index contributed by atoms with van der Waals surface area (Å²) >= 11 is 0. The summed E-state index contributed by atoms with van der Waals surface area (Å²) in [5.74, 6) is -0.322. The van der Waals surface area contributed by atoms with Gasteiger partial charge in [0.25, 0.3) is 0 Å². The minimum absolute atomic E-state index is 0.219. The number of hydrogen-bond acceptors (Lipinski definition) is 4. The maximum absolute atomic E-state index is 12.1. The van der Waals surface area contributed by atoms with Crippen LogP contribution in [0.3, 0.4) is 0 Å². The molecule has 5 nitrogen and oxygen atoms in total. The largest absolute Gasteiger partial charge is 0.444 e. The molecule has 110 valence electrons. The van der Waals surface area contributed by atoms with Gasteiger partial charge >= 0.3 is 6.09 Å². The monoisotopic (exact) mass is 271 g/mol. The van der Waals surface area contributed by atoms with Crippen LogP contribution in [0.1, 0.15) is 40.5 Å². The number of piperidine rings is 1. The van der Waals surface area contributed by atoms with Gasteiger partial charge in [-0.05, 0) is 40.5 Å². The van der Waals surface area contributed by atoms with Gasteiger partial charge in [0.1, 0.15) is 5.60 Å². The van der Waals surface area contributed by atoms with Gasteiger partial charge in [-0.25, -0.2) is 4.79 Å². The molecule has 0 aromatic rings. The van der Waals surface area contributed by atoms with Crippen molar-refractivity contribution in [3.05, 3.63) is 0 Å². The quantitative estimate of drug-likeness (QED) is 0.734. The van der Waals surface area contributed by atoms with Gasteiger partial charge in [-0.2, -0.15) is 0 Å². The number of carbonyl (C=O) groups is 1. The van der Waals surface area contributed by atoms with Crippen molar-refractivity contribution in [2.45, 2.75) is 51.9 Å². The Hall–Kier alpha value is -0.810. The van der Waals surface area contributed by atoms with Crippen molar-refractivity contribution >= 4 is 6.09 Å². The Labute approximate surface area is 115 Å². The van der Waals surface area contributed by atoms with Crippen molar-refractivity contribution in [1.29, 1.82) is 0 Å². The summed E-state index contributed by atoms with van der Waals surface area (Å²) in [5.41, 5.74) is -0.450. The molecule has 5 heteroatoms. The van der Waals surface area contributed by atoms with Crippen LogP contribution in [0.4, 0.5) is 4.79 Å². The number of likely N-dealkylation sites (tertiary alicyclic amines) is 1. The Kier molecular flexibility index (Phi) is 4.06. The number of ether oxygens (including phenoxy) is 3. The molecule has 0 bridgehead atoms. The Bertz CT molecular complexity index is 331. The Balaban J connectivity index is 1.95. The van der Waals surface area contributed by atoms with Crippen molar-refractivity contribution < 1.29 is 19.0 Å². The second-order valence-electron chi connectivity index (χ2n) is 6.48. The van der Waals surface area contributed by atoms with Gasteiger partial charge in [0.15, 0.2) is 5.79 Å². The van der Waals surface area contributed by atoms with E-state index in [-0.39, 0.29) is 12.0 Å². The fraction of sp³-hybridized carbons (Fsp3) is 0.929. The smallest absolute Gasteiger partial charge is 0.410 e. The molecule has 2 aliphatic heterocycles. The predicted molar refractivity (Wildman–Crippen MR) is 70.8 cm³/mol. The summed E-state index contributed by atoms with van der Waals surface area (Å²) in [5, 5.41) is 0. The van der Waals surface area contributed by atoms with Crippen LogP contribution in [0.25, 0.3) is 0 Å². The summed E-state index contributed by atoms with van der Waals surface area (Å²) in [6.45, 7) is 10.3. The van der Waals surface area contributed by atoms with Crippen LogP contribution in [0.15, 0.2) is 0 Å². The van der Waals surface area contributed by atoms with E-state index in [2.05, 4.69) is 0 Å². The molecule has 2 aliphatic rings. The highest BCUT2D eigenvalue weighted by atomic mass is 16.7. The molecule has 0 N–H and O–H groups in total. The Morgan fingerprint density at radius 3 is 2.53 bits per heavy atom. The lowest BCUT2D eigenvalue weighted by atomic mass is 9.91. The minimum atomic E-state index is -0.541. The molecule has 0 spiro atoms. The van der Waals surface area contributed by atoms with E-state index in [9.17, 15) is 4.79 Å². The van der Waals surface area contributed by atoms with Crippen LogP contribution >= 0.6 is 0 Å². The van der Waals surface area contributed by atoms with E-state index in [0.717, 1.165) is 19.4 Å². The van der Waals surface area contributed by atoms with Gasteiger partial charge in [0, 0.05) is 19.0 Å².